The first-order valence-electron chi connectivity index (χ1n) is 6.95. The van der Waals surface area contributed by atoms with Gasteiger partial charge in [-0.1, -0.05) is 30.4 Å². The summed E-state index contributed by atoms with van der Waals surface area (Å²) < 4.78 is 1.85. The van der Waals surface area contributed by atoms with Gasteiger partial charge in [0.2, 0.25) is 0 Å². The molecule has 0 saturated heterocycles. The van der Waals surface area contributed by atoms with E-state index in [1.54, 1.807) is 0 Å². The summed E-state index contributed by atoms with van der Waals surface area (Å²) in [7, 11) is 1.95. The number of pyridine rings is 1. The molecule has 3 aromatic rings. The molecule has 0 amide bonds. The van der Waals surface area contributed by atoms with Crippen LogP contribution < -0.4 is 0 Å². The van der Waals surface area contributed by atoms with E-state index in [2.05, 4.69) is 40.4 Å². The zero-order chi connectivity index (χ0) is 14.7. The number of hydrogen-bond acceptors (Lipinski definition) is 2. The smallest absolute Gasteiger partial charge is 0.100 e. The molecular formula is C18H17N3. The number of hydrogen-bond donors (Lipinski definition) is 0. The summed E-state index contributed by atoms with van der Waals surface area (Å²) in [5, 5.41) is 4.63. The maximum atomic E-state index is 4.63. The summed E-state index contributed by atoms with van der Waals surface area (Å²) in [6, 6.07) is 12.4. The van der Waals surface area contributed by atoms with E-state index >= 15 is 0 Å². The van der Waals surface area contributed by atoms with Crippen molar-refractivity contribution >= 4 is 6.08 Å². The number of nitrogens with zero attached hydrogens (tertiary/aromatic N) is 3. The van der Waals surface area contributed by atoms with Crippen LogP contribution in [0.15, 0.2) is 61.1 Å². The van der Waals surface area contributed by atoms with E-state index < -0.39 is 0 Å². The third-order valence-electron chi connectivity index (χ3n) is 3.34. The number of rotatable bonds is 3. The van der Waals surface area contributed by atoms with Crippen LogP contribution in [0.25, 0.3) is 28.5 Å². The first kappa shape index (κ1) is 13.3. The summed E-state index contributed by atoms with van der Waals surface area (Å²) in [6.45, 7) is 2.02. The average Bonchev–Trinajstić information content (AvgIpc) is 2.91. The topological polar surface area (TPSA) is 30.7 Å². The molecule has 0 bridgehead atoms. The lowest BCUT2D eigenvalue weighted by molar-refractivity contribution is 0.771. The Kier molecular flexibility index (Phi) is 3.65. The Labute approximate surface area is 124 Å². The second-order valence-corrected chi connectivity index (χ2v) is 4.93. The molecule has 0 aliphatic rings. The lowest BCUT2D eigenvalue weighted by Crippen LogP contribution is -1.88. The number of benzene rings is 1. The van der Waals surface area contributed by atoms with Crippen molar-refractivity contribution in [2.75, 3.05) is 0 Å². The van der Waals surface area contributed by atoms with E-state index in [0.29, 0.717) is 0 Å². The SMILES string of the molecule is CC=Cc1cccc(-c2nn(C)cc2-c2ccncc2)c1. The number of allylic oxidation sites excluding steroid dienone is 1. The Morgan fingerprint density at radius 2 is 1.86 bits per heavy atom. The van der Waals surface area contributed by atoms with Crippen LogP contribution in [0.3, 0.4) is 0 Å². The predicted octanol–water partition coefficient (Wildman–Crippen LogP) is 4.18. The normalized spacial score (nSPS) is 11.1. The first-order valence-corrected chi connectivity index (χ1v) is 6.95. The van der Waals surface area contributed by atoms with Crippen molar-refractivity contribution in [1.29, 1.82) is 0 Å². The third kappa shape index (κ3) is 2.77. The van der Waals surface area contributed by atoms with Crippen LogP contribution in [-0.2, 0) is 7.05 Å². The molecule has 1 aromatic carbocycles. The molecule has 3 nitrogen and oxygen atoms in total. The van der Waals surface area contributed by atoms with Gasteiger partial charge in [0.1, 0.15) is 5.69 Å². The molecule has 21 heavy (non-hydrogen) atoms. The molecule has 0 N–H and O–H groups in total. The minimum Gasteiger partial charge on any atom is -0.275 e. The highest BCUT2D eigenvalue weighted by Crippen LogP contribution is 2.31. The van der Waals surface area contributed by atoms with E-state index in [0.717, 1.165) is 22.4 Å². The average molecular weight is 275 g/mol. The minimum absolute atomic E-state index is 0.995. The van der Waals surface area contributed by atoms with Gasteiger partial charge in [-0.3, -0.25) is 9.67 Å². The quantitative estimate of drug-likeness (QED) is 0.718. The molecule has 3 heteroatoms. The monoisotopic (exact) mass is 275 g/mol. The Hall–Kier alpha value is -2.68. The van der Waals surface area contributed by atoms with Crippen LogP contribution >= 0.6 is 0 Å². The predicted molar refractivity (Wildman–Crippen MR) is 86.6 cm³/mol. The molecule has 0 atom stereocenters. The van der Waals surface area contributed by atoms with Gasteiger partial charge in [0, 0.05) is 36.8 Å². The van der Waals surface area contributed by atoms with Gasteiger partial charge in [0.15, 0.2) is 0 Å². The van der Waals surface area contributed by atoms with Crippen LogP contribution in [0, 0.1) is 0 Å². The molecule has 104 valence electrons. The third-order valence-corrected chi connectivity index (χ3v) is 3.34. The van der Waals surface area contributed by atoms with Crippen molar-refractivity contribution in [3.8, 4) is 22.4 Å². The van der Waals surface area contributed by atoms with Gasteiger partial charge in [-0.05, 0) is 36.2 Å². The molecule has 2 aromatic heterocycles. The van der Waals surface area contributed by atoms with Crippen molar-refractivity contribution in [1.82, 2.24) is 14.8 Å². The van der Waals surface area contributed by atoms with Gasteiger partial charge in [-0.15, -0.1) is 0 Å². The van der Waals surface area contributed by atoms with Gasteiger partial charge in [-0.25, -0.2) is 0 Å². The Balaban J connectivity index is 2.13. The summed E-state index contributed by atoms with van der Waals surface area (Å²) in [4.78, 5) is 4.08. The van der Waals surface area contributed by atoms with Crippen LogP contribution in [0.5, 0.6) is 0 Å². The molecular weight excluding hydrogens is 258 g/mol. The Bertz CT molecular complexity index is 770. The summed E-state index contributed by atoms with van der Waals surface area (Å²) in [5.74, 6) is 0. The molecule has 0 fully saturated rings. The second-order valence-electron chi connectivity index (χ2n) is 4.93. The van der Waals surface area contributed by atoms with Gasteiger partial charge in [-0.2, -0.15) is 5.10 Å². The van der Waals surface area contributed by atoms with Gasteiger partial charge < -0.3 is 0 Å². The molecule has 0 aliphatic heterocycles. The fourth-order valence-electron chi connectivity index (χ4n) is 2.43. The molecule has 3 rings (SSSR count). The molecule has 0 unspecified atom stereocenters. The molecule has 2 heterocycles. The van der Waals surface area contributed by atoms with Crippen LogP contribution in [0.4, 0.5) is 0 Å². The van der Waals surface area contributed by atoms with Gasteiger partial charge >= 0.3 is 0 Å². The van der Waals surface area contributed by atoms with Crippen LogP contribution in [0.1, 0.15) is 12.5 Å². The highest BCUT2D eigenvalue weighted by molar-refractivity contribution is 5.81. The lowest BCUT2D eigenvalue weighted by Gasteiger charge is -2.03. The van der Waals surface area contributed by atoms with Crippen molar-refractivity contribution < 1.29 is 0 Å². The Morgan fingerprint density at radius 1 is 1.05 bits per heavy atom. The van der Waals surface area contributed by atoms with Crippen LogP contribution in [-0.4, -0.2) is 14.8 Å². The van der Waals surface area contributed by atoms with Crippen LogP contribution in [0.2, 0.25) is 0 Å². The van der Waals surface area contributed by atoms with E-state index in [1.165, 1.54) is 5.56 Å². The van der Waals surface area contributed by atoms with Crippen molar-refractivity contribution in [2.24, 2.45) is 7.05 Å². The summed E-state index contributed by atoms with van der Waals surface area (Å²) in [5.41, 5.74) is 5.55. The van der Waals surface area contributed by atoms with E-state index in [-0.39, 0.29) is 0 Å². The molecule has 0 radical (unpaired) electrons. The number of aromatic nitrogens is 3. The number of aryl methyl sites for hydroxylation is 1. The van der Waals surface area contributed by atoms with E-state index in [1.807, 2.05) is 55.5 Å². The lowest BCUT2D eigenvalue weighted by atomic mass is 10.0. The highest BCUT2D eigenvalue weighted by atomic mass is 15.2. The fraction of sp³-hybridized carbons (Fsp3) is 0.111. The van der Waals surface area contributed by atoms with Crippen molar-refractivity contribution in [3.05, 3.63) is 66.6 Å². The zero-order valence-electron chi connectivity index (χ0n) is 12.2. The zero-order valence-corrected chi connectivity index (χ0v) is 12.2. The van der Waals surface area contributed by atoms with Crippen molar-refractivity contribution in [2.45, 2.75) is 6.92 Å². The summed E-state index contributed by atoms with van der Waals surface area (Å²) in [6.07, 6.45) is 9.80. The van der Waals surface area contributed by atoms with E-state index in [4.69, 9.17) is 0 Å². The van der Waals surface area contributed by atoms with E-state index in [9.17, 15) is 0 Å². The van der Waals surface area contributed by atoms with Gasteiger partial charge in [0.25, 0.3) is 0 Å². The standard InChI is InChI=1S/C18H17N3/c1-3-5-14-6-4-7-16(12-14)18-17(13-21(2)20-18)15-8-10-19-11-9-15/h3-13H,1-2H3. The largest absolute Gasteiger partial charge is 0.275 e. The molecule has 0 spiro atoms. The minimum atomic E-state index is 0.995. The fourth-order valence-corrected chi connectivity index (χ4v) is 2.43. The second kappa shape index (κ2) is 5.75. The maximum absolute atomic E-state index is 4.63. The molecule has 0 saturated carbocycles. The first-order chi connectivity index (χ1) is 10.3. The maximum Gasteiger partial charge on any atom is 0.100 e. The van der Waals surface area contributed by atoms with Crippen molar-refractivity contribution in [3.63, 3.8) is 0 Å². The Morgan fingerprint density at radius 3 is 2.62 bits per heavy atom. The molecule has 0 aliphatic carbocycles. The highest BCUT2D eigenvalue weighted by Gasteiger charge is 2.12. The van der Waals surface area contributed by atoms with Gasteiger partial charge in [0.05, 0.1) is 0 Å². The summed E-state index contributed by atoms with van der Waals surface area (Å²) >= 11 is 0.